The molecule has 1 rings (SSSR count). The summed E-state index contributed by atoms with van der Waals surface area (Å²) in [5.74, 6) is -0.154. The van der Waals surface area contributed by atoms with Gasteiger partial charge in [0.2, 0.25) is 5.91 Å². The molecule has 1 aliphatic rings. The molecule has 0 spiro atoms. The van der Waals surface area contributed by atoms with Crippen LogP contribution in [-0.2, 0) is 14.3 Å². The molecule has 1 fully saturated rings. The first-order valence-electron chi connectivity index (χ1n) is 29.2. The number of ether oxygens (including phenoxy) is 2. The lowest BCUT2D eigenvalue weighted by Gasteiger charge is -2.40. The second kappa shape index (κ2) is 49.0. The van der Waals surface area contributed by atoms with Crippen LogP contribution >= 0.6 is 0 Å². The molecule has 9 heteroatoms. The van der Waals surface area contributed by atoms with Crippen molar-refractivity contribution in [1.29, 1.82) is 0 Å². The Kier molecular flexibility index (Phi) is 46.4. The predicted octanol–water partition coefficient (Wildman–Crippen LogP) is 14.4. The predicted molar refractivity (Wildman–Crippen MR) is 286 cm³/mol. The summed E-state index contributed by atoms with van der Waals surface area (Å²) < 4.78 is 11.3. The number of unbranched alkanes of at least 4 members (excludes halogenated alkanes) is 34. The fourth-order valence-corrected chi connectivity index (χ4v) is 9.35. The number of aliphatic hydroxyl groups excluding tert-OH is 5. The summed E-state index contributed by atoms with van der Waals surface area (Å²) in [4.78, 5) is 13.1. The van der Waals surface area contributed by atoms with Gasteiger partial charge in [-0.3, -0.25) is 4.79 Å². The van der Waals surface area contributed by atoms with E-state index in [0.717, 1.165) is 64.2 Å². The molecule has 6 N–H and O–H groups in total. The molecule has 1 aliphatic heterocycles. The Bertz CT molecular complexity index is 1160. The maximum Gasteiger partial charge on any atom is 0.220 e. The molecule has 0 radical (unpaired) electrons. The van der Waals surface area contributed by atoms with E-state index in [4.69, 9.17) is 9.47 Å². The summed E-state index contributed by atoms with van der Waals surface area (Å²) in [6.45, 7) is 3.83. The molecule has 68 heavy (non-hydrogen) atoms. The van der Waals surface area contributed by atoms with E-state index in [-0.39, 0.29) is 12.5 Å². The van der Waals surface area contributed by atoms with Crippen LogP contribution in [0.4, 0.5) is 0 Å². The van der Waals surface area contributed by atoms with Crippen LogP contribution in [0.3, 0.4) is 0 Å². The minimum absolute atomic E-state index is 0.143. The van der Waals surface area contributed by atoms with Crippen LogP contribution in [-0.4, -0.2) is 87.5 Å². The van der Waals surface area contributed by atoms with Gasteiger partial charge in [-0.25, -0.2) is 0 Å². The maximum absolute atomic E-state index is 13.1. The number of aliphatic hydroxyl groups is 5. The van der Waals surface area contributed by atoms with E-state index in [1.807, 2.05) is 0 Å². The lowest BCUT2D eigenvalue weighted by atomic mass is 9.99. The number of hydrogen-bond donors (Lipinski definition) is 6. The van der Waals surface area contributed by atoms with Crippen molar-refractivity contribution in [3.05, 3.63) is 36.5 Å². The minimum Gasteiger partial charge on any atom is -0.394 e. The van der Waals surface area contributed by atoms with Gasteiger partial charge in [-0.1, -0.05) is 256 Å². The third-order valence-corrected chi connectivity index (χ3v) is 14.0. The molecular weight excluding hydrogens is 851 g/mol. The molecule has 7 unspecified atom stereocenters. The van der Waals surface area contributed by atoms with Crippen molar-refractivity contribution >= 4 is 5.91 Å². The maximum atomic E-state index is 13.1. The molecular formula is C59H111NO8. The van der Waals surface area contributed by atoms with E-state index in [9.17, 15) is 30.3 Å². The number of carbonyl (C=O) groups excluding carboxylic acids is 1. The number of nitrogens with one attached hydrogen (secondary N) is 1. The largest absolute Gasteiger partial charge is 0.394 e. The molecule has 9 nitrogen and oxygen atoms in total. The van der Waals surface area contributed by atoms with Gasteiger partial charge in [-0.15, -0.1) is 0 Å². The molecule has 0 saturated carbocycles. The summed E-state index contributed by atoms with van der Waals surface area (Å²) >= 11 is 0. The smallest absolute Gasteiger partial charge is 0.220 e. The molecule has 0 aromatic carbocycles. The molecule has 1 heterocycles. The fraction of sp³-hybridized carbons (Fsp3) is 0.881. The van der Waals surface area contributed by atoms with Crippen molar-refractivity contribution in [3.8, 4) is 0 Å². The van der Waals surface area contributed by atoms with E-state index in [2.05, 4.69) is 55.6 Å². The van der Waals surface area contributed by atoms with E-state index in [0.29, 0.717) is 12.8 Å². The zero-order valence-corrected chi connectivity index (χ0v) is 44.4. The van der Waals surface area contributed by atoms with Crippen LogP contribution in [0.25, 0.3) is 0 Å². The summed E-state index contributed by atoms with van der Waals surface area (Å²) in [5.41, 5.74) is 0. The number of amides is 1. The number of rotatable bonds is 50. The van der Waals surface area contributed by atoms with Gasteiger partial charge in [0.05, 0.1) is 25.4 Å². The van der Waals surface area contributed by atoms with Crippen molar-refractivity contribution in [2.24, 2.45) is 0 Å². The normalized spacial score (nSPS) is 19.8. The van der Waals surface area contributed by atoms with E-state index in [1.54, 1.807) is 0 Å². The average molecular weight is 963 g/mol. The van der Waals surface area contributed by atoms with Crippen LogP contribution in [0.5, 0.6) is 0 Å². The monoisotopic (exact) mass is 962 g/mol. The molecule has 0 bridgehead atoms. The number of hydrogen-bond acceptors (Lipinski definition) is 8. The second-order valence-corrected chi connectivity index (χ2v) is 20.4. The Morgan fingerprint density at radius 1 is 0.500 bits per heavy atom. The van der Waals surface area contributed by atoms with Crippen molar-refractivity contribution in [2.75, 3.05) is 13.2 Å². The van der Waals surface area contributed by atoms with Crippen molar-refractivity contribution in [3.63, 3.8) is 0 Å². The number of carbonyl (C=O) groups is 1. The van der Waals surface area contributed by atoms with Crippen LogP contribution in [0.1, 0.15) is 277 Å². The fourth-order valence-electron chi connectivity index (χ4n) is 9.35. The molecule has 0 aromatic heterocycles. The van der Waals surface area contributed by atoms with Gasteiger partial charge in [-0.2, -0.15) is 0 Å². The minimum atomic E-state index is -1.56. The Labute approximate surface area is 419 Å². The van der Waals surface area contributed by atoms with Gasteiger partial charge < -0.3 is 40.3 Å². The summed E-state index contributed by atoms with van der Waals surface area (Å²) in [6, 6.07) is -0.727. The van der Waals surface area contributed by atoms with Crippen molar-refractivity contribution in [2.45, 2.75) is 320 Å². The quantitative estimate of drug-likeness (QED) is 0.0261. The first kappa shape index (κ1) is 64.4. The molecule has 0 aromatic rings. The Hall–Kier alpha value is -1.59. The second-order valence-electron chi connectivity index (χ2n) is 20.4. The molecule has 400 valence electrons. The van der Waals surface area contributed by atoms with Crippen LogP contribution < -0.4 is 5.32 Å². The third kappa shape index (κ3) is 38.1. The summed E-state index contributed by atoms with van der Waals surface area (Å²) in [5, 5.41) is 54.7. The molecule has 1 saturated heterocycles. The van der Waals surface area contributed by atoms with Gasteiger partial charge in [-0.05, 0) is 51.4 Å². The summed E-state index contributed by atoms with van der Waals surface area (Å²) in [7, 11) is 0. The van der Waals surface area contributed by atoms with Gasteiger partial charge in [0.1, 0.15) is 24.4 Å². The highest BCUT2D eigenvalue weighted by atomic mass is 16.7. The standard InChI is InChI=1S/C59H111NO8/c1-3-5-7-9-11-13-15-17-19-21-23-24-25-26-27-28-29-31-32-34-36-38-40-42-44-46-48-53(62)52(51-67-59-58(66)57(65)56(64)54(50-61)68-59)60-55(63)49-47-45-43-41-39-37-35-33-30-22-20-18-16-14-12-10-8-6-4-2/h12,14,18,20,30,33,52-54,56-59,61-62,64-66H,3-11,13,15-17,19,21-29,31-32,34-51H2,1-2H3,(H,60,63)/b14-12-,20-18-,33-30-. The summed E-state index contributed by atoms with van der Waals surface area (Å²) in [6.07, 6.45) is 56.0. The number of allylic oxidation sites excluding steroid dienone is 6. The van der Waals surface area contributed by atoms with Crippen molar-refractivity contribution < 1.29 is 39.8 Å². The first-order chi connectivity index (χ1) is 33.3. The highest BCUT2D eigenvalue weighted by Crippen LogP contribution is 2.23. The highest BCUT2D eigenvalue weighted by Gasteiger charge is 2.44. The zero-order valence-electron chi connectivity index (χ0n) is 44.4. The lowest BCUT2D eigenvalue weighted by Crippen LogP contribution is -2.60. The highest BCUT2D eigenvalue weighted by molar-refractivity contribution is 5.76. The Morgan fingerprint density at radius 3 is 1.31 bits per heavy atom. The molecule has 1 amide bonds. The zero-order chi connectivity index (χ0) is 49.4. The lowest BCUT2D eigenvalue weighted by molar-refractivity contribution is -0.302. The van der Waals surface area contributed by atoms with E-state index >= 15 is 0 Å². The third-order valence-electron chi connectivity index (χ3n) is 14.0. The first-order valence-corrected chi connectivity index (χ1v) is 29.2. The van der Waals surface area contributed by atoms with Crippen LogP contribution in [0, 0.1) is 0 Å². The van der Waals surface area contributed by atoms with Gasteiger partial charge in [0, 0.05) is 6.42 Å². The topological polar surface area (TPSA) is 149 Å². The molecule has 7 atom stereocenters. The molecule has 0 aliphatic carbocycles. The Morgan fingerprint density at radius 2 is 0.868 bits per heavy atom. The Balaban J connectivity index is 2.20. The van der Waals surface area contributed by atoms with Crippen LogP contribution in [0.15, 0.2) is 36.5 Å². The van der Waals surface area contributed by atoms with Gasteiger partial charge in [0.15, 0.2) is 6.29 Å². The van der Waals surface area contributed by atoms with E-state index in [1.165, 1.54) is 186 Å². The SMILES string of the molecule is CCCCC/C=C\C/C=C\C/C=C\CCCCCCCCC(=O)NC(COC1OC(CO)C(O)C(O)C1O)C(O)CCCCCCCCCCCCCCCCCCCCCCCCCCCC. The van der Waals surface area contributed by atoms with Gasteiger partial charge >= 0.3 is 0 Å². The van der Waals surface area contributed by atoms with E-state index < -0.39 is 49.5 Å². The van der Waals surface area contributed by atoms with Crippen molar-refractivity contribution in [1.82, 2.24) is 5.32 Å². The van der Waals surface area contributed by atoms with Crippen LogP contribution in [0.2, 0.25) is 0 Å². The average Bonchev–Trinajstić information content (AvgIpc) is 3.34. The van der Waals surface area contributed by atoms with Gasteiger partial charge in [0.25, 0.3) is 0 Å².